The summed E-state index contributed by atoms with van der Waals surface area (Å²) in [6.45, 7) is 1.08. The van der Waals surface area contributed by atoms with E-state index in [0.717, 1.165) is 23.1 Å². The second kappa shape index (κ2) is 7.07. The molecule has 1 spiro atoms. The molecule has 0 amide bonds. The Morgan fingerprint density at radius 2 is 1.63 bits per heavy atom. The number of rotatable bonds is 5. The third kappa shape index (κ3) is 2.64. The average Bonchev–Trinajstić information content (AvgIpc) is 3.07. The summed E-state index contributed by atoms with van der Waals surface area (Å²) in [6.07, 6.45) is 0.757. The molecule has 3 aromatic carbocycles. The predicted octanol–water partition coefficient (Wildman–Crippen LogP) is 3.99. The zero-order chi connectivity index (χ0) is 20.7. The van der Waals surface area contributed by atoms with Crippen molar-refractivity contribution in [3.63, 3.8) is 0 Å². The summed E-state index contributed by atoms with van der Waals surface area (Å²) in [5.41, 5.74) is 7.33. The van der Waals surface area contributed by atoms with E-state index < -0.39 is 5.60 Å². The summed E-state index contributed by atoms with van der Waals surface area (Å²) in [4.78, 5) is 12.8. The molecular weight excluding hydrogens is 382 g/mol. The van der Waals surface area contributed by atoms with E-state index in [1.54, 1.807) is 19.2 Å². The van der Waals surface area contributed by atoms with Gasteiger partial charge in [0.25, 0.3) is 0 Å². The molecule has 1 atom stereocenters. The number of hydrogen-bond donors (Lipinski definition) is 1. The van der Waals surface area contributed by atoms with Crippen LogP contribution in [0.25, 0.3) is 0 Å². The van der Waals surface area contributed by atoms with Gasteiger partial charge in [0.15, 0.2) is 5.60 Å². The number of nitrogens with two attached hydrogens (primary N) is 1. The molecule has 0 aromatic heterocycles. The minimum Gasteiger partial charge on any atom is -0.497 e. The molecule has 1 unspecified atom stereocenters. The molecule has 5 rings (SSSR count). The molecule has 0 saturated heterocycles. The predicted molar refractivity (Wildman–Crippen MR) is 110 cm³/mol. The van der Waals surface area contributed by atoms with E-state index in [1.165, 1.54) is 0 Å². The van der Waals surface area contributed by atoms with Crippen LogP contribution in [0.2, 0.25) is 0 Å². The first kappa shape index (κ1) is 18.5. The van der Waals surface area contributed by atoms with Crippen molar-refractivity contribution in [2.45, 2.75) is 12.0 Å². The van der Waals surface area contributed by atoms with Gasteiger partial charge in [-0.2, -0.15) is 0 Å². The second-order valence-electron chi connectivity index (χ2n) is 7.23. The Labute approximate surface area is 174 Å². The van der Waals surface area contributed by atoms with Crippen LogP contribution < -0.4 is 19.9 Å². The highest BCUT2D eigenvalue weighted by Crippen LogP contribution is 2.56. The highest BCUT2D eigenvalue weighted by Gasteiger charge is 2.53. The number of esters is 1. The van der Waals surface area contributed by atoms with Crippen molar-refractivity contribution >= 4 is 5.97 Å². The van der Waals surface area contributed by atoms with Gasteiger partial charge in [-0.3, -0.25) is 0 Å². The highest BCUT2D eigenvalue weighted by atomic mass is 16.6. The molecule has 2 heterocycles. The maximum Gasteiger partial charge on any atom is 0.340 e. The van der Waals surface area contributed by atoms with Crippen LogP contribution in [0.15, 0.2) is 60.7 Å². The summed E-state index contributed by atoms with van der Waals surface area (Å²) in [6, 6.07) is 18.6. The van der Waals surface area contributed by atoms with Gasteiger partial charge in [-0.05, 0) is 43.3 Å². The van der Waals surface area contributed by atoms with E-state index in [4.69, 9.17) is 24.7 Å². The largest absolute Gasteiger partial charge is 0.497 e. The van der Waals surface area contributed by atoms with Crippen LogP contribution >= 0.6 is 0 Å². The molecule has 152 valence electrons. The molecule has 30 heavy (non-hydrogen) atoms. The first-order chi connectivity index (χ1) is 14.7. The Kier molecular flexibility index (Phi) is 4.37. The van der Waals surface area contributed by atoms with Crippen molar-refractivity contribution < 1.29 is 23.7 Å². The molecule has 2 aliphatic rings. The van der Waals surface area contributed by atoms with Gasteiger partial charge in [0, 0.05) is 28.8 Å². The molecule has 0 fully saturated rings. The zero-order valence-electron chi connectivity index (χ0n) is 16.5. The lowest BCUT2D eigenvalue weighted by atomic mass is 9.77. The van der Waals surface area contributed by atoms with Crippen molar-refractivity contribution in [3.05, 3.63) is 82.9 Å². The Morgan fingerprint density at radius 1 is 0.933 bits per heavy atom. The van der Waals surface area contributed by atoms with Crippen LogP contribution in [-0.4, -0.2) is 26.2 Å². The standard InChI is InChI=1S/C24H21NO5/c1-27-15-7-9-19-21(13-15)29-22-14-16(28-12-4-11-25)8-10-20(22)24(19)18-6-3-2-5-17(18)23(26)30-24/h2-3,5-10,13-14H,4,11-12,25H2,1H3. The van der Waals surface area contributed by atoms with E-state index in [9.17, 15) is 4.79 Å². The smallest absolute Gasteiger partial charge is 0.340 e. The summed E-state index contributed by atoms with van der Waals surface area (Å²) in [5.74, 6) is 2.11. The van der Waals surface area contributed by atoms with Crippen LogP contribution in [-0.2, 0) is 10.3 Å². The summed E-state index contributed by atoms with van der Waals surface area (Å²) < 4.78 is 23.5. The Balaban J connectivity index is 1.71. The van der Waals surface area contributed by atoms with Crippen LogP contribution in [0.4, 0.5) is 0 Å². The molecule has 0 radical (unpaired) electrons. The quantitative estimate of drug-likeness (QED) is 0.513. The van der Waals surface area contributed by atoms with Crippen molar-refractivity contribution in [3.8, 4) is 23.0 Å². The van der Waals surface area contributed by atoms with Gasteiger partial charge < -0.3 is 24.7 Å². The highest BCUT2D eigenvalue weighted by molar-refractivity contribution is 5.97. The summed E-state index contributed by atoms with van der Waals surface area (Å²) in [7, 11) is 1.60. The molecule has 2 aliphatic heterocycles. The minimum atomic E-state index is -1.08. The molecule has 0 bridgehead atoms. The number of benzene rings is 3. The van der Waals surface area contributed by atoms with E-state index in [2.05, 4.69) is 0 Å². The number of carbonyl (C=O) groups is 1. The fraction of sp³-hybridized carbons (Fsp3) is 0.208. The Hall–Kier alpha value is -3.51. The van der Waals surface area contributed by atoms with Crippen molar-refractivity contribution in [2.75, 3.05) is 20.3 Å². The van der Waals surface area contributed by atoms with Gasteiger partial charge in [-0.25, -0.2) is 4.79 Å². The monoisotopic (exact) mass is 403 g/mol. The SMILES string of the molecule is COc1ccc2c(c1)Oc1cc(OCCCN)ccc1C21OC(=O)c2ccccc21. The molecular formula is C24H21NO5. The normalized spacial score (nSPS) is 18.1. The van der Waals surface area contributed by atoms with Gasteiger partial charge in [0.1, 0.15) is 23.0 Å². The van der Waals surface area contributed by atoms with Gasteiger partial charge in [0.05, 0.1) is 19.3 Å². The van der Waals surface area contributed by atoms with Gasteiger partial charge in [-0.1, -0.05) is 18.2 Å². The van der Waals surface area contributed by atoms with Crippen molar-refractivity contribution in [1.82, 2.24) is 0 Å². The number of carbonyl (C=O) groups excluding carboxylic acids is 1. The lowest BCUT2D eigenvalue weighted by Gasteiger charge is -2.36. The topological polar surface area (TPSA) is 80.0 Å². The second-order valence-corrected chi connectivity index (χ2v) is 7.23. The first-order valence-electron chi connectivity index (χ1n) is 9.84. The average molecular weight is 403 g/mol. The lowest BCUT2D eigenvalue weighted by Crippen LogP contribution is -2.33. The molecule has 3 aromatic rings. The zero-order valence-corrected chi connectivity index (χ0v) is 16.5. The van der Waals surface area contributed by atoms with Crippen LogP contribution in [0.5, 0.6) is 23.0 Å². The van der Waals surface area contributed by atoms with Crippen LogP contribution in [0.1, 0.15) is 33.5 Å². The number of methoxy groups -OCH3 is 1. The van der Waals surface area contributed by atoms with E-state index in [0.29, 0.717) is 41.7 Å². The number of fused-ring (bicyclic) bond motifs is 6. The first-order valence-corrected chi connectivity index (χ1v) is 9.84. The molecule has 6 heteroatoms. The number of ether oxygens (including phenoxy) is 4. The maximum atomic E-state index is 12.8. The minimum absolute atomic E-state index is 0.358. The summed E-state index contributed by atoms with van der Waals surface area (Å²) >= 11 is 0. The van der Waals surface area contributed by atoms with Crippen LogP contribution in [0.3, 0.4) is 0 Å². The van der Waals surface area contributed by atoms with Crippen LogP contribution in [0, 0.1) is 0 Å². The van der Waals surface area contributed by atoms with Gasteiger partial charge in [-0.15, -0.1) is 0 Å². The molecule has 6 nitrogen and oxygen atoms in total. The fourth-order valence-electron chi connectivity index (χ4n) is 4.13. The van der Waals surface area contributed by atoms with E-state index >= 15 is 0 Å². The molecule has 0 saturated carbocycles. The maximum absolute atomic E-state index is 12.8. The molecule has 2 N–H and O–H groups in total. The van der Waals surface area contributed by atoms with Gasteiger partial charge >= 0.3 is 5.97 Å². The molecule has 0 aliphatic carbocycles. The van der Waals surface area contributed by atoms with Crippen molar-refractivity contribution in [1.29, 1.82) is 0 Å². The van der Waals surface area contributed by atoms with Gasteiger partial charge in [0.2, 0.25) is 0 Å². The van der Waals surface area contributed by atoms with Crippen molar-refractivity contribution in [2.24, 2.45) is 5.73 Å². The summed E-state index contributed by atoms with van der Waals surface area (Å²) in [5, 5.41) is 0. The fourth-order valence-corrected chi connectivity index (χ4v) is 4.13. The lowest BCUT2D eigenvalue weighted by molar-refractivity contribution is 0.0224. The Bertz CT molecular complexity index is 1140. The Morgan fingerprint density at radius 3 is 2.37 bits per heavy atom. The third-order valence-corrected chi connectivity index (χ3v) is 5.51. The van der Waals surface area contributed by atoms with E-state index in [1.807, 2.05) is 48.5 Å². The third-order valence-electron chi connectivity index (χ3n) is 5.51. The number of hydrogen-bond acceptors (Lipinski definition) is 6. The van der Waals surface area contributed by atoms with E-state index in [-0.39, 0.29) is 5.97 Å².